The van der Waals surface area contributed by atoms with Gasteiger partial charge >= 0.3 is 5.97 Å². The van der Waals surface area contributed by atoms with Gasteiger partial charge in [-0.25, -0.2) is 0 Å². The van der Waals surface area contributed by atoms with Crippen LogP contribution in [0.2, 0.25) is 0 Å². The maximum absolute atomic E-state index is 13.4. The van der Waals surface area contributed by atoms with Gasteiger partial charge in [-0.15, -0.1) is 0 Å². The molecule has 2 saturated heterocycles. The summed E-state index contributed by atoms with van der Waals surface area (Å²) in [6.07, 6.45) is 3.63. The zero-order valence-corrected chi connectivity index (χ0v) is 17.6. The smallest absolute Gasteiger partial charge is 0.325 e. The van der Waals surface area contributed by atoms with Gasteiger partial charge < -0.3 is 5.11 Å². The van der Waals surface area contributed by atoms with E-state index in [1.165, 1.54) is 4.90 Å². The standard InChI is InChI=1S/C25H26N2O4/c1-3-4-14-27-22(28)19-20(23(27)29)25(24(30)31,15-17-11-6-5-7-12-17)26-21(19)18-13-9-8-10-16(18)2/h3-13,19-21,26H,14-15H2,1-2H3,(H,30,31). The number of rotatable bonds is 6. The van der Waals surface area contributed by atoms with Crippen LogP contribution in [0.3, 0.4) is 0 Å². The maximum atomic E-state index is 13.4. The van der Waals surface area contributed by atoms with Crippen LogP contribution in [0, 0.1) is 18.8 Å². The number of likely N-dealkylation sites (tertiary alicyclic amines) is 1. The van der Waals surface area contributed by atoms with Crippen LogP contribution in [0.5, 0.6) is 0 Å². The van der Waals surface area contributed by atoms with Gasteiger partial charge in [-0.05, 0) is 30.5 Å². The Hall–Kier alpha value is -3.25. The molecule has 2 N–H and O–H groups in total. The third-order valence-corrected chi connectivity index (χ3v) is 6.50. The molecule has 0 aliphatic carbocycles. The lowest BCUT2D eigenvalue weighted by atomic mass is 9.76. The number of carbonyl (C=O) groups excluding carboxylic acids is 2. The summed E-state index contributed by atoms with van der Waals surface area (Å²) >= 11 is 0. The molecule has 4 unspecified atom stereocenters. The summed E-state index contributed by atoms with van der Waals surface area (Å²) in [7, 11) is 0. The number of carbonyl (C=O) groups is 3. The molecule has 6 nitrogen and oxygen atoms in total. The molecular weight excluding hydrogens is 392 g/mol. The first-order valence-electron chi connectivity index (χ1n) is 10.5. The molecule has 0 radical (unpaired) electrons. The number of carboxylic acid groups (broad SMARTS) is 1. The second kappa shape index (κ2) is 8.12. The van der Waals surface area contributed by atoms with Gasteiger partial charge in [-0.2, -0.15) is 0 Å². The molecule has 6 heteroatoms. The summed E-state index contributed by atoms with van der Waals surface area (Å²) in [6.45, 7) is 3.91. The van der Waals surface area contributed by atoms with Crippen molar-refractivity contribution < 1.29 is 19.5 Å². The molecule has 2 heterocycles. The lowest BCUT2D eigenvalue weighted by Crippen LogP contribution is -2.57. The number of hydrogen-bond donors (Lipinski definition) is 2. The van der Waals surface area contributed by atoms with E-state index in [4.69, 9.17) is 0 Å². The molecule has 4 rings (SSSR count). The van der Waals surface area contributed by atoms with E-state index in [0.29, 0.717) is 0 Å². The van der Waals surface area contributed by atoms with Crippen LogP contribution in [-0.4, -0.2) is 39.9 Å². The maximum Gasteiger partial charge on any atom is 0.325 e. The number of nitrogens with one attached hydrogen (secondary N) is 1. The second-order valence-electron chi connectivity index (χ2n) is 8.28. The fourth-order valence-electron chi connectivity index (χ4n) is 5.01. The number of amides is 2. The van der Waals surface area contributed by atoms with Crippen LogP contribution in [0.25, 0.3) is 0 Å². The highest BCUT2D eigenvalue weighted by Crippen LogP contribution is 2.50. The fraction of sp³-hybridized carbons (Fsp3) is 0.320. The molecule has 2 aliphatic heterocycles. The Morgan fingerprint density at radius 2 is 1.77 bits per heavy atom. The molecule has 2 fully saturated rings. The summed E-state index contributed by atoms with van der Waals surface area (Å²) < 4.78 is 0. The lowest BCUT2D eigenvalue weighted by Gasteiger charge is -2.31. The molecule has 160 valence electrons. The minimum atomic E-state index is -1.57. The van der Waals surface area contributed by atoms with Gasteiger partial charge in [0.25, 0.3) is 0 Å². The summed E-state index contributed by atoms with van der Waals surface area (Å²) in [5, 5.41) is 13.7. The lowest BCUT2D eigenvalue weighted by molar-refractivity contribution is -0.151. The minimum Gasteiger partial charge on any atom is -0.480 e. The topological polar surface area (TPSA) is 86.7 Å². The zero-order valence-electron chi connectivity index (χ0n) is 17.6. The van der Waals surface area contributed by atoms with E-state index >= 15 is 0 Å². The number of benzene rings is 2. The van der Waals surface area contributed by atoms with Gasteiger partial charge in [0, 0.05) is 19.0 Å². The van der Waals surface area contributed by atoms with Crippen molar-refractivity contribution >= 4 is 17.8 Å². The van der Waals surface area contributed by atoms with E-state index in [1.807, 2.05) is 68.4 Å². The van der Waals surface area contributed by atoms with Gasteiger partial charge in [-0.1, -0.05) is 66.7 Å². The van der Waals surface area contributed by atoms with Gasteiger partial charge in [0.1, 0.15) is 5.54 Å². The third-order valence-electron chi connectivity index (χ3n) is 6.50. The van der Waals surface area contributed by atoms with E-state index in [-0.39, 0.29) is 18.9 Å². The van der Waals surface area contributed by atoms with Gasteiger partial charge in [0.05, 0.1) is 11.8 Å². The number of fused-ring (bicyclic) bond motifs is 1. The number of nitrogens with zero attached hydrogens (tertiary/aromatic N) is 1. The van der Waals surface area contributed by atoms with Crippen molar-refractivity contribution in [3.63, 3.8) is 0 Å². The van der Waals surface area contributed by atoms with E-state index in [0.717, 1.165) is 16.7 Å². The van der Waals surface area contributed by atoms with Crippen LogP contribution in [0.15, 0.2) is 66.7 Å². The quantitative estimate of drug-likeness (QED) is 0.557. The average molecular weight is 418 g/mol. The molecule has 0 saturated carbocycles. The van der Waals surface area contributed by atoms with Crippen LogP contribution >= 0.6 is 0 Å². The predicted molar refractivity (Wildman–Crippen MR) is 116 cm³/mol. The summed E-state index contributed by atoms with van der Waals surface area (Å²) in [5.41, 5.74) is 1.03. The largest absolute Gasteiger partial charge is 0.480 e. The molecule has 2 aromatic carbocycles. The molecule has 31 heavy (non-hydrogen) atoms. The van der Waals surface area contributed by atoms with Crippen LogP contribution in [-0.2, 0) is 20.8 Å². The number of aryl methyl sites for hydroxylation is 1. The highest BCUT2D eigenvalue weighted by Gasteiger charge is 2.68. The first-order valence-corrected chi connectivity index (χ1v) is 10.5. The van der Waals surface area contributed by atoms with Crippen molar-refractivity contribution in [1.82, 2.24) is 10.2 Å². The van der Waals surface area contributed by atoms with E-state index < -0.39 is 35.3 Å². The van der Waals surface area contributed by atoms with Crippen molar-refractivity contribution in [1.29, 1.82) is 0 Å². The van der Waals surface area contributed by atoms with Crippen LogP contribution in [0.1, 0.15) is 29.7 Å². The Balaban J connectivity index is 1.86. The zero-order chi connectivity index (χ0) is 22.2. The molecule has 2 amide bonds. The van der Waals surface area contributed by atoms with E-state index in [9.17, 15) is 19.5 Å². The normalized spacial score (nSPS) is 27.8. The molecule has 2 aliphatic rings. The highest BCUT2D eigenvalue weighted by atomic mass is 16.4. The van der Waals surface area contributed by atoms with Crippen molar-refractivity contribution in [2.24, 2.45) is 11.8 Å². The number of hydrogen-bond acceptors (Lipinski definition) is 4. The van der Waals surface area contributed by atoms with Crippen molar-refractivity contribution in [3.8, 4) is 0 Å². The summed E-state index contributed by atoms with van der Waals surface area (Å²) in [4.78, 5) is 40.8. The number of allylic oxidation sites excluding steroid dienone is 1. The minimum absolute atomic E-state index is 0.114. The Labute approximate surface area is 181 Å². The Morgan fingerprint density at radius 3 is 2.42 bits per heavy atom. The molecule has 2 aromatic rings. The molecule has 4 atom stereocenters. The Kier molecular flexibility index (Phi) is 5.50. The second-order valence-corrected chi connectivity index (χ2v) is 8.28. The molecule has 0 bridgehead atoms. The van der Waals surface area contributed by atoms with Gasteiger partial charge in [0.2, 0.25) is 11.8 Å². The fourth-order valence-corrected chi connectivity index (χ4v) is 5.01. The van der Waals surface area contributed by atoms with Crippen LogP contribution < -0.4 is 5.32 Å². The van der Waals surface area contributed by atoms with Crippen molar-refractivity contribution in [2.75, 3.05) is 6.54 Å². The van der Waals surface area contributed by atoms with E-state index in [2.05, 4.69) is 5.32 Å². The number of carboxylic acids is 1. The van der Waals surface area contributed by atoms with Crippen LogP contribution in [0.4, 0.5) is 0 Å². The van der Waals surface area contributed by atoms with Gasteiger partial charge in [-0.3, -0.25) is 24.6 Å². The van der Waals surface area contributed by atoms with Crippen molar-refractivity contribution in [2.45, 2.75) is 31.8 Å². The number of imide groups is 1. The third kappa shape index (κ3) is 3.37. The molecular formula is C25H26N2O4. The van der Waals surface area contributed by atoms with Crippen molar-refractivity contribution in [3.05, 3.63) is 83.4 Å². The first kappa shape index (κ1) is 21.0. The molecule has 0 aromatic heterocycles. The monoisotopic (exact) mass is 418 g/mol. The average Bonchev–Trinajstić information content (AvgIpc) is 3.22. The highest BCUT2D eigenvalue weighted by molar-refractivity contribution is 6.09. The Bertz CT molecular complexity index is 1050. The SMILES string of the molecule is CC=CCN1C(=O)C2C(c3ccccc3C)NC(Cc3ccccc3)(C(=O)O)C2C1=O. The van der Waals surface area contributed by atoms with Gasteiger partial charge in [0.15, 0.2) is 0 Å². The first-order chi connectivity index (χ1) is 14.9. The summed E-state index contributed by atoms with van der Waals surface area (Å²) in [6, 6.07) is 16.3. The Morgan fingerprint density at radius 1 is 1.10 bits per heavy atom. The summed E-state index contributed by atoms with van der Waals surface area (Å²) in [5.74, 6) is -3.59. The molecule has 0 spiro atoms. The number of aliphatic carboxylic acids is 1. The van der Waals surface area contributed by atoms with E-state index in [1.54, 1.807) is 12.2 Å². The predicted octanol–water partition coefficient (Wildman–Crippen LogP) is 2.88.